The second-order valence-electron chi connectivity index (χ2n) is 6.75. The van der Waals surface area contributed by atoms with E-state index in [0.29, 0.717) is 17.8 Å². The summed E-state index contributed by atoms with van der Waals surface area (Å²) >= 11 is 0. The number of carbonyl (C=O) groups excluding carboxylic acids is 1. The number of rotatable bonds is 6. The van der Waals surface area contributed by atoms with E-state index in [1.54, 1.807) is 10.9 Å². The number of nitriles is 1. The van der Waals surface area contributed by atoms with Crippen molar-refractivity contribution in [3.05, 3.63) is 47.7 Å². The molecule has 1 heterocycles. The number of carbonyl (C=O) groups is 1. The largest absolute Gasteiger partial charge is 0.299 e. The average Bonchev–Trinajstić information content (AvgIpc) is 3.04. The van der Waals surface area contributed by atoms with Gasteiger partial charge in [-0.2, -0.15) is 10.4 Å². The van der Waals surface area contributed by atoms with Gasteiger partial charge in [-0.3, -0.25) is 4.79 Å². The molecule has 0 aliphatic heterocycles. The van der Waals surface area contributed by atoms with Crippen LogP contribution < -0.4 is 0 Å². The zero-order chi connectivity index (χ0) is 18.4. The molecule has 0 N–H and O–H groups in total. The van der Waals surface area contributed by atoms with Gasteiger partial charge in [0.1, 0.15) is 17.4 Å². The highest BCUT2D eigenvalue weighted by molar-refractivity contribution is 6.07. The van der Waals surface area contributed by atoms with Crippen LogP contribution in [0.1, 0.15) is 62.5 Å². The summed E-state index contributed by atoms with van der Waals surface area (Å²) in [4.78, 5) is 17.3. The quantitative estimate of drug-likeness (QED) is 0.719. The van der Waals surface area contributed by atoms with Gasteiger partial charge in [0.05, 0.1) is 6.20 Å². The Morgan fingerprint density at radius 2 is 2.12 bits per heavy atom. The fourth-order valence-electron chi connectivity index (χ4n) is 3.42. The molecule has 2 aromatic rings. The van der Waals surface area contributed by atoms with Crippen molar-refractivity contribution in [2.45, 2.75) is 57.9 Å². The first-order valence-corrected chi connectivity index (χ1v) is 9.33. The number of ketones is 1. The average molecular weight is 348 g/mol. The minimum atomic E-state index is -0.0416. The number of hydrogen-bond donors (Lipinski definition) is 0. The number of hydrogen-bond acceptors (Lipinski definition) is 4. The van der Waals surface area contributed by atoms with E-state index in [-0.39, 0.29) is 11.7 Å². The van der Waals surface area contributed by atoms with E-state index in [9.17, 15) is 10.1 Å². The number of benzene rings is 1. The summed E-state index contributed by atoms with van der Waals surface area (Å²) < 4.78 is 1.80. The van der Waals surface area contributed by atoms with E-state index in [1.165, 1.54) is 0 Å². The van der Waals surface area contributed by atoms with Crippen LogP contribution in [0.5, 0.6) is 0 Å². The van der Waals surface area contributed by atoms with Crippen LogP contribution in [0.4, 0.5) is 5.82 Å². The number of nitrogens with zero attached hydrogens (tertiary/aromatic N) is 4. The van der Waals surface area contributed by atoms with Gasteiger partial charge in [0.25, 0.3) is 0 Å². The predicted octanol–water partition coefficient (Wildman–Crippen LogP) is 4.55. The number of Topliss-reactive ketones (excluding diaryl/α,β-unsaturated/α-hetero) is 1. The minimum Gasteiger partial charge on any atom is -0.299 e. The standard InChI is InChI=1S/C21H24N4O/c1-2-3-7-12-25-21(17(14-22)15-23-25)24-18-10-11-19(20(26)13-18)16-8-5-4-6-9-16/h4-6,8-9,15,19H,2-3,7,10-13H2,1H3. The fraction of sp³-hybridized carbons (Fsp3) is 0.429. The molecule has 3 rings (SSSR count). The van der Waals surface area contributed by atoms with Crippen LogP contribution in [-0.4, -0.2) is 21.3 Å². The first kappa shape index (κ1) is 18.1. The summed E-state index contributed by atoms with van der Waals surface area (Å²) in [6, 6.07) is 12.1. The topological polar surface area (TPSA) is 71.0 Å². The van der Waals surface area contributed by atoms with Crippen molar-refractivity contribution in [1.29, 1.82) is 5.26 Å². The molecule has 1 aromatic heterocycles. The Morgan fingerprint density at radius 1 is 1.31 bits per heavy atom. The Kier molecular flexibility index (Phi) is 5.96. The zero-order valence-corrected chi connectivity index (χ0v) is 15.2. The third-order valence-electron chi connectivity index (χ3n) is 4.86. The minimum absolute atomic E-state index is 0.0416. The smallest absolute Gasteiger partial charge is 0.168 e. The zero-order valence-electron chi connectivity index (χ0n) is 15.2. The van der Waals surface area contributed by atoms with Crippen LogP contribution >= 0.6 is 0 Å². The van der Waals surface area contributed by atoms with Gasteiger partial charge in [-0.1, -0.05) is 50.1 Å². The van der Waals surface area contributed by atoms with Crippen molar-refractivity contribution in [3.63, 3.8) is 0 Å². The van der Waals surface area contributed by atoms with E-state index in [4.69, 9.17) is 0 Å². The maximum atomic E-state index is 12.6. The molecule has 1 atom stereocenters. The van der Waals surface area contributed by atoms with Crippen molar-refractivity contribution in [2.24, 2.45) is 4.99 Å². The second-order valence-corrected chi connectivity index (χ2v) is 6.75. The molecule has 0 radical (unpaired) electrons. The number of aryl methyl sites for hydroxylation is 1. The van der Waals surface area contributed by atoms with Gasteiger partial charge in [-0.25, -0.2) is 9.67 Å². The summed E-state index contributed by atoms with van der Waals surface area (Å²) in [5.74, 6) is 0.765. The van der Waals surface area contributed by atoms with Crippen LogP contribution in [0, 0.1) is 11.3 Å². The first-order chi connectivity index (χ1) is 12.7. The molecule has 0 spiro atoms. The Bertz CT molecular complexity index is 829. The molecule has 134 valence electrons. The van der Waals surface area contributed by atoms with Crippen molar-refractivity contribution >= 4 is 17.3 Å². The lowest BCUT2D eigenvalue weighted by Crippen LogP contribution is -2.23. The Hall–Kier alpha value is -2.74. The molecular weight excluding hydrogens is 324 g/mol. The number of aromatic nitrogens is 2. The summed E-state index contributed by atoms with van der Waals surface area (Å²) in [5, 5.41) is 13.6. The third kappa shape index (κ3) is 4.08. The molecule has 0 saturated heterocycles. The van der Waals surface area contributed by atoms with Crippen LogP contribution in [0.2, 0.25) is 0 Å². The van der Waals surface area contributed by atoms with Gasteiger partial charge in [0.2, 0.25) is 0 Å². The lowest BCUT2D eigenvalue weighted by molar-refractivity contribution is -0.119. The molecule has 5 heteroatoms. The molecule has 1 unspecified atom stereocenters. The molecule has 1 aromatic carbocycles. The van der Waals surface area contributed by atoms with Crippen molar-refractivity contribution in [1.82, 2.24) is 9.78 Å². The molecule has 5 nitrogen and oxygen atoms in total. The van der Waals surface area contributed by atoms with Gasteiger partial charge >= 0.3 is 0 Å². The summed E-state index contributed by atoms with van der Waals surface area (Å²) in [6.07, 6.45) is 6.73. The van der Waals surface area contributed by atoms with Gasteiger partial charge in [0.15, 0.2) is 5.82 Å². The molecule has 0 amide bonds. The van der Waals surface area contributed by atoms with Crippen LogP contribution in [0.25, 0.3) is 0 Å². The van der Waals surface area contributed by atoms with Crippen LogP contribution in [0.3, 0.4) is 0 Å². The molecule has 1 fully saturated rings. The van der Waals surface area contributed by atoms with E-state index in [0.717, 1.165) is 49.9 Å². The lowest BCUT2D eigenvalue weighted by atomic mass is 9.82. The summed E-state index contributed by atoms with van der Waals surface area (Å²) in [6.45, 7) is 2.91. The maximum absolute atomic E-state index is 12.6. The Morgan fingerprint density at radius 3 is 2.81 bits per heavy atom. The SMILES string of the molecule is CCCCCn1ncc(C#N)c1N=C1CCC(c2ccccc2)C(=O)C1. The second kappa shape index (κ2) is 8.57. The van der Waals surface area contributed by atoms with Gasteiger partial charge in [-0.15, -0.1) is 0 Å². The molecule has 0 bridgehead atoms. The van der Waals surface area contributed by atoms with Gasteiger partial charge in [0, 0.05) is 24.6 Å². The number of aliphatic imine (C=N–C) groups is 1. The van der Waals surface area contributed by atoms with Gasteiger partial charge in [-0.05, 0) is 24.8 Å². The maximum Gasteiger partial charge on any atom is 0.168 e. The fourth-order valence-corrected chi connectivity index (χ4v) is 3.42. The van der Waals surface area contributed by atoms with Crippen LogP contribution in [-0.2, 0) is 11.3 Å². The highest BCUT2D eigenvalue weighted by atomic mass is 16.1. The molecule has 26 heavy (non-hydrogen) atoms. The summed E-state index contributed by atoms with van der Waals surface area (Å²) in [5.41, 5.74) is 2.42. The third-order valence-corrected chi connectivity index (χ3v) is 4.86. The van der Waals surface area contributed by atoms with Crippen molar-refractivity contribution in [3.8, 4) is 6.07 Å². The summed E-state index contributed by atoms with van der Waals surface area (Å²) in [7, 11) is 0. The van der Waals surface area contributed by atoms with E-state index in [2.05, 4.69) is 23.1 Å². The molecule has 1 aliphatic rings. The Balaban J connectivity index is 1.76. The molecule has 1 aliphatic carbocycles. The predicted molar refractivity (Wildman–Crippen MR) is 102 cm³/mol. The van der Waals surface area contributed by atoms with Crippen LogP contribution in [0.15, 0.2) is 41.5 Å². The molecule has 1 saturated carbocycles. The van der Waals surface area contributed by atoms with E-state index in [1.807, 2.05) is 30.3 Å². The lowest BCUT2D eigenvalue weighted by Gasteiger charge is -2.22. The van der Waals surface area contributed by atoms with Crippen molar-refractivity contribution in [2.75, 3.05) is 0 Å². The first-order valence-electron chi connectivity index (χ1n) is 9.33. The monoisotopic (exact) mass is 348 g/mol. The highest BCUT2D eigenvalue weighted by Gasteiger charge is 2.27. The van der Waals surface area contributed by atoms with Gasteiger partial charge < -0.3 is 0 Å². The number of unbranched alkanes of at least 4 members (excludes halogenated alkanes) is 2. The normalized spacial score (nSPS) is 18.8. The molecular formula is C21H24N4O. The van der Waals surface area contributed by atoms with E-state index < -0.39 is 0 Å². The Labute approximate surface area is 154 Å². The highest BCUT2D eigenvalue weighted by Crippen LogP contribution is 2.30. The van der Waals surface area contributed by atoms with E-state index >= 15 is 0 Å². The van der Waals surface area contributed by atoms with Crippen molar-refractivity contribution < 1.29 is 4.79 Å².